The quantitative estimate of drug-likeness (QED) is 0.273. The Kier molecular flexibility index (Phi) is 11.8. The molecule has 0 aliphatic carbocycles. The Morgan fingerprint density at radius 3 is 1.71 bits per heavy atom. The van der Waals surface area contributed by atoms with Crippen LogP contribution in [0.2, 0.25) is 17.2 Å². The normalized spacial score (nSPS) is 13.5. The summed E-state index contributed by atoms with van der Waals surface area (Å²) in [5.41, 5.74) is 1.37. The van der Waals surface area contributed by atoms with Gasteiger partial charge in [0, 0.05) is 0 Å². The van der Waals surface area contributed by atoms with Crippen molar-refractivity contribution in [3.8, 4) is 0 Å². The molecule has 24 heavy (non-hydrogen) atoms. The first-order chi connectivity index (χ1) is 11.7. The van der Waals surface area contributed by atoms with E-state index in [2.05, 4.69) is 70.2 Å². The number of benzene rings is 1. The first kappa shape index (κ1) is 21.8. The zero-order valence-corrected chi connectivity index (χ0v) is 19.5. The number of hydrogen-bond donors (Lipinski definition) is 0. The molecule has 1 aromatic rings. The molecule has 0 saturated carbocycles. The van der Waals surface area contributed by atoms with E-state index >= 15 is 0 Å². The number of rotatable bonds is 13. The Labute approximate surface area is 156 Å². The van der Waals surface area contributed by atoms with Gasteiger partial charge in [-0.15, -0.1) is 0 Å². The molecule has 0 bridgehead atoms. The van der Waals surface area contributed by atoms with Gasteiger partial charge in [0.25, 0.3) is 0 Å². The predicted octanol–water partition coefficient (Wildman–Crippen LogP) is 8.33. The van der Waals surface area contributed by atoms with E-state index in [1.807, 2.05) is 0 Å². The summed E-state index contributed by atoms with van der Waals surface area (Å²) in [6, 6.07) is 10.9. The molecule has 1 aromatic carbocycles. The Bertz CT molecular complexity index is 413. The molecule has 0 aromatic heterocycles. The molecule has 1 rings (SSSR count). The molecular formula is C23H40Sn. The van der Waals surface area contributed by atoms with E-state index < -0.39 is 18.4 Å². The van der Waals surface area contributed by atoms with Crippen molar-refractivity contribution in [1.82, 2.24) is 0 Å². The summed E-state index contributed by atoms with van der Waals surface area (Å²) in [6.45, 7) is 9.56. The summed E-state index contributed by atoms with van der Waals surface area (Å²) >= 11 is -2.12. The predicted molar refractivity (Wildman–Crippen MR) is 114 cm³/mol. The van der Waals surface area contributed by atoms with E-state index in [1.54, 1.807) is 13.3 Å². The van der Waals surface area contributed by atoms with E-state index in [1.165, 1.54) is 50.5 Å². The average Bonchev–Trinajstić information content (AvgIpc) is 2.63. The maximum absolute atomic E-state index is 2.63. The van der Waals surface area contributed by atoms with Crippen LogP contribution in [0.1, 0.15) is 78.2 Å². The van der Waals surface area contributed by atoms with Crippen molar-refractivity contribution < 1.29 is 0 Å². The van der Waals surface area contributed by atoms with Crippen molar-refractivity contribution in [1.29, 1.82) is 0 Å². The van der Waals surface area contributed by atoms with E-state index in [0.717, 1.165) is 3.93 Å². The zero-order chi connectivity index (χ0) is 17.7. The molecule has 0 radical (unpaired) electrons. The molecule has 0 aliphatic rings. The second-order valence-corrected chi connectivity index (χ2v) is 21.6. The monoisotopic (exact) mass is 436 g/mol. The Hall–Kier alpha value is -0.241. The van der Waals surface area contributed by atoms with Gasteiger partial charge in [-0.25, -0.2) is 0 Å². The summed E-state index contributed by atoms with van der Waals surface area (Å²) in [6.07, 6.45) is 14.9. The van der Waals surface area contributed by atoms with Gasteiger partial charge in [-0.05, 0) is 0 Å². The van der Waals surface area contributed by atoms with Crippen LogP contribution in [0.15, 0.2) is 36.4 Å². The second kappa shape index (κ2) is 13.0. The maximum atomic E-state index is 2.63. The van der Waals surface area contributed by atoms with Gasteiger partial charge in [0.1, 0.15) is 0 Å². The van der Waals surface area contributed by atoms with Crippen LogP contribution in [-0.2, 0) is 0 Å². The molecule has 0 spiro atoms. The molecule has 1 heteroatoms. The fourth-order valence-electron chi connectivity index (χ4n) is 4.08. The zero-order valence-electron chi connectivity index (χ0n) is 16.7. The van der Waals surface area contributed by atoms with Crippen LogP contribution >= 0.6 is 0 Å². The van der Waals surface area contributed by atoms with E-state index in [-0.39, 0.29) is 0 Å². The second-order valence-electron chi connectivity index (χ2n) is 7.46. The summed E-state index contributed by atoms with van der Waals surface area (Å²) < 4.78 is 5.76. The van der Waals surface area contributed by atoms with Gasteiger partial charge in [-0.1, -0.05) is 0 Å². The first-order valence-electron chi connectivity index (χ1n) is 10.5. The summed E-state index contributed by atoms with van der Waals surface area (Å²) in [7, 11) is 0. The molecular weight excluding hydrogens is 395 g/mol. The summed E-state index contributed by atoms with van der Waals surface area (Å²) in [5.74, 6) is 0. The molecule has 0 fully saturated rings. The molecule has 0 nitrogen and oxygen atoms in total. The van der Waals surface area contributed by atoms with Crippen LogP contribution in [0, 0.1) is 0 Å². The van der Waals surface area contributed by atoms with Gasteiger partial charge >= 0.3 is 156 Å². The van der Waals surface area contributed by atoms with Gasteiger partial charge in [0.15, 0.2) is 0 Å². The minimum absolute atomic E-state index is 0.921. The molecule has 0 aliphatic heterocycles. The van der Waals surface area contributed by atoms with Crippen LogP contribution in [0.25, 0.3) is 6.08 Å². The van der Waals surface area contributed by atoms with Crippen molar-refractivity contribution in [2.24, 2.45) is 0 Å². The average molecular weight is 435 g/mol. The Morgan fingerprint density at radius 1 is 0.792 bits per heavy atom. The van der Waals surface area contributed by atoms with Crippen LogP contribution in [0.3, 0.4) is 0 Å². The van der Waals surface area contributed by atoms with Crippen LogP contribution < -0.4 is 0 Å². The molecule has 0 saturated heterocycles. The van der Waals surface area contributed by atoms with Crippen LogP contribution in [-0.4, -0.2) is 18.4 Å². The van der Waals surface area contributed by atoms with Gasteiger partial charge in [0.2, 0.25) is 0 Å². The summed E-state index contributed by atoms with van der Waals surface area (Å²) in [5, 5.41) is 0. The molecule has 0 N–H and O–H groups in total. The standard InChI is InChI=1S/C11H13.3C4H9.Sn/c1-2-3-5-8-11-9-6-4-7-10-11;3*1-3-4-2;/h3-10H,2H2,1H3;3*1,3-4H2,2H3;/b8-5+;;;;. The van der Waals surface area contributed by atoms with Gasteiger partial charge in [-0.2, -0.15) is 0 Å². The Balaban J connectivity index is 3.01. The first-order valence-corrected chi connectivity index (χ1v) is 18.2. The van der Waals surface area contributed by atoms with Crippen LogP contribution in [0.5, 0.6) is 0 Å². The third-order valence-corrected chi connectivity index (χ3v) is 23.4. The molecule has 0 amide bonds. The van der Waals surface area contributed by atoms with Crippen molar-refractivity contribution in [2.45, 2.75) is 89.9 Å². The van der Waals surface area contributed by atoms with E-state index in [0.29, 0.717) is 0 Å². The molecule has 1 atom stereocenters. The van der Waals surface area contributed by atoms with E-state index in [4.69, 9.17) is 0 Å². The fourth-order valence-corrected chi connectivity index (χ4v) is 22.4. The SMILES string of the molecule is CCC[CH2][Sn]([CH2]CCC)([CH2]CCC)[C@@H](/C=C/c1ccccc1)CC. The third kappa shape index (κ3) is 7.33. The van der Waals surface area contributed by atoms with E-state index in [9.17, 15) is 0 Å². The molecule has 0 heterocycles. The van der Waals surface area contributed by atoms with Crippen molar-refractivity contribution in [3.05, 3.63) is 42.0 Å². The third-order valence-electron chi connectivity index (χ3n) is 5.63. The van der Waals surface area contributed by atoms with Gasteiger partial charge in [0.05, 0.1) is 0 Å². The molecule has 136 valence electrons. The molecule has 0 unspecified atom stereocenters. The number of hydrogen-bond acceptors (Lipinski definition) is 0. The summed E-state index contributed by atoms with van der Waals surface area (Å²) in [4.78, 5) is 0. The minimum atomic E-state index is -2.12. The van der Waals surface area contributed by atoms with Gasteiger partial charge < -0.3 is 0 Å². The number of allylic oxidation sites excluding steroid dienone is 1. The van der Waals surface area contributed by atoms with Crippen molar-refractivity contribution >= 4 is 24.5 Å². The topological polar surface area (TPSA) is 0 Å². The number of unbranched alkanes of at least 4 members (excludes halogenated alkanes) is 3. The van der Waals surface area contributed by atoms with Crippen molar-refractivity contribution in [3.63, 3.8) is 0 Å². The fraction of sp³-hybridized carbons (Fsp3) is 0.652. The van der Waals surface area contributed by atoms with Crippen LogP contribution in [0.4, 0.5) is 0 Å². The van der Waals surface area contributed by atoms with Gasteiger partial charge in [-0.3, -0.25) is 0 Å². The van der Waals surface area contributed by atoms with Crippen molar-refractivity contribution in [2.75, 3.05) is 0 Å². The Morgan fingerprint density at radius 2 is 1.29 bits per heavy atom.